The van der Waals surface area contributed by atoms with Crippen molar-refractivity contribution in [2.24, 2.45) is 16.3 Å². The molecule has 1 aromatic rings. The Morgan fingerprint density at radius 1 is 1.17 bits per heavy atom. The average molecular weight is 721 g/mol. The van der Waals surface area contributed by atoms with Crippen molar-refractivity contribution in [3.8, 4) is 0 Å². The van der Waals surface area contributed by atoms with E-state index in [1.54, 1.807) is 13.0 Å². The number of aliphatic imine (C=N–C) groups is 1. The number of carbonyl (C=O) groups is 4. The number of carbonyl (C=O) groups excluding carboxylic acids is 4. The lowest BCUT2D eigenvalue weighted by Gasteiger charge is -2.34. The van der Waals surface area contributed by atoms with Crippen LogP contribution in [-0.4, -0.2) is 61.1 Å². The lowest BCUT2D eigenvalue weighted by molar-refractivity contribution is -0.153. The summed E-state index contributed by atoms with van der Waals surface area (Å²) >= 11 is 4.36. The van der Waals surface area contributed by atoms with Gasteiger partial charge in [-0.25, -0.2) is 9.78 Å². The number of thioether (sulfide) groups is 2. The number of esters is 1. The molecule has 268 valence electrons. The minimum atomic E-state index is -1.04. The summed E-state index contributed by atoms with van der Waals surface area (Å²) in [5.74, 6) is -0.991. The largest absolute Gasteiger partial charge is 0.456 e. The number of ether oxygens (including phenoxy) is 1. The zero-order valence-corrected chi connectivity index (χ0v) is 32.6. The SMILES string of the molecule is CCCCCCCC(=O)SC(C)(C)CC(C)(C)CC/C=C/C1CC(=O)NCc2nc(cs2)C2=N[C@@](C)(CS2)C(=O)NC(C(C)C)C(=O)O1. The van der Waals surface area contributed by atoms with E-state index in [1.165, 1.54) is 54.1 Å². The summed E-state index contributed by atoms with van der Waals surface area (Å²) in [7, 11) is 0. The second kappa shape index (κ2) is 18.2. The van der Waals surface area contributed by atoms with E-state index in [0.717, 1.165) is 37.1 Å². The highest BCUT2D eigenvalue weighted by molar-refractivity contribution is 8.15. The van der Waals surface area contributed by atoms with Crippen LogP contribution in [0.1, 0.15) is 130 Å². The second-order valence-corrected chi connectivity index (χ2v) is 18.6. The highest BCUT2D eigenvalue weighted by Crippen LogP contribution is 2.40. The third kappa shape index (κ3) is 12.9. The van der Waals surface area contributed by atoms with Crippen molar-refractivity contribution in [2.45, 2.75) is 149 Å². The molecule has 0 spiro atoms. The van der Waals surface area contributed by atoms with Gasteiger partial charge in [-0.05, 0) is 50.0 Å². The summed E-state index contributed by atoms with van der Waals surface area (Å²) in [5.41, 5.74) is -0.385. The number of allylic oxidation sites excluding steroid dienone is 1. The molecule has 12 heteroatoms. The van der Waals surface area contributed by atoms with Gasteiger partial charge in [0.15, 0.2) is 5.12 Å². The average Bonchev–Trinajstić information content (AvgIpc) is 3.62. The smallest absolute Gasteiger partial charge is 0.329 e. The van der Waals surface area contributed by atoms with Gasteiger partial charge in [-0.15, -0.1) is 23.1 Å². The van der Waals surface area contributed by atoms with Crippen LogP contribution in [0.5, 0.6) is 0 Å². The van der Waals surface area contributed by atoms with Gasteiger partial charge in [-0.1, -0.05) is 92.0 Å². The molecule has 48 heavy (non-hydrogen) atoms. The van der Waals surface area contributed by atoms with Crippen molar-refractivity contribution in [3.63, 3.8) is 0 Å². The second-order valence-electron chi connectivity index (χ2n) is 15.0. The van der Waals surface area contributed by atoms with Gasteiger partial charge < -0.3 is 15.4 Å². The van der Waals surface area contributed by atoms with Gasteiger partial charge in [-0.2, -0.15) is 0 Å². The van der Waals surface area contributed by atoms with Crippen LogP contribution < -0.4 is 10.6 Å². The molecule has 0 aliphatic carbocycles. The zero-order chi connectivity index (χ0) is 35.5. The fourth-order valence-corrected chi connectivity index (χ4v) is 9.31. The van der Waals surface area contributed by atoms with Gasteiger partial charge in [0.2, 0.25) is 11.8 Å². The Kier molecular flexibility index (Phi) is 15.2. The van der Waals surface area contributed by atoms with E-state index in [1.807, 2.05) is 25.3 Å². The number of fused-ring (bicyclic) bond motifs is 4. The van der Waals surface area contributed by atoms with Gasteiger partial charge in [0.1, 0.15) is 33.4 Å². The van der Waals surface area contributed by atoms with E-state index in [0.29, 0.717) is 22.9 Å². The van der Waals surface area contributed by atoms with Gasteiger partial charge in [-0.3, -0.25) is 19.4 Å². The highest BCUT2D eigenvalue weighted by Gasteiger charge is 2.42. The molecule has 2 unspecified atom stereocenters. The quantitative estimate of drug-likeness (QED) is 0.114. The number of nitrogens with zero attached hydrogens (tertiary/aromatic N) is 2. The number of amides is 2. The van der Waals surface area contributed by atoms with E-state index in [9.17, 15) is 19.2 Å². The van der Waals surface area contributed by atoms with Crippen LogP contribution in [0, 0.1) is 11.3 Å². The molecule has 2 amide bonds. The van der Waals surface area contributed by atoms with E-state index in [-0.39, 0.29) is 46.0 Å². The van der Waals surface area contributed by atoms with Crippen LogP contribution in [0.2, 0.25) is 0 Å². The number of cyclic esters (lactones) is 1. The van der Waals surface area contributed by atoms with Crippen LogP contribution in [0.4, 0.5) is 0 Å². The predicted molar refractivity (Wildman–Crippen MR) is 199 cm³/mol. The monoisotopic (exact) mass is 720 g/mol. The van der Waals surface area contributed by atoms with E-state index < -0.39 is 23.7 Å². The molecule has 9 nitrogen and oxygen atoms in total. The molecule has 2 aliphatic rings. The molecule has 0 aromatic carbocycles. The molecule has 0 saturated heterocycles. The summed E-state index contributed by atoms with van der Waals surface area (Å²) in [4.78, 5) is 61.9. The zero-order valence-electron chi connectivity index (χ0n) is 30.1. The van der Waals surface area contributed by atoms with Crippen molar-refractivity contribution in [1.29, 1.82) is 0 Å². The van der Waals surface area contributed by atoms with Gasteiger partial charge in [0.25, 0.3) is 0 Å². The third-order valence-corrected chi connectivity index (χ3v) is 11.8. The summed E-state index contributed by atoms with van der Waals surface area (Å²) in [6.07, 6.45) is 11.7. The van der Waals surface area contributed by atoms with Crippen molar-refractivity contribution in [2.75, 3.05) is 5.75 Å². The van der Waals surface area contributed by atoms with Crippen molar-refractivity contribution >= 4 is 62.8 Å². The summed E-state index contributed by atoms with van der Waals surface area (Å²) < 4.78 is 5.72. The number of rotatable bonds is 14. The Labute approximate surface area is 300 Å². The normalized spacial score (nSPS) is 22.9. The molecular formula is C36H56N4O5S3. The lowest BCUT2D eigenvalue weighted by Crippen LogP contribution is -2.53. The number of unbranched alkanes of at least 4 members (excludes halogenated alkanes) is 4. The molecule has 1 aromatic heterocycles. The Morgan fingerprint density at radius 3 is 2.60 bits per heavy atom. The molecule has 0 radical (unpaired) electrons. The molecule has 3 heterocycles. The highest BCUT2D eigenvalue weighted by atomic mass is 32.2. The molecule has 3 rings (SSSR count). The number of aromatic nitrogens is 1. The summed E-state index contributed by atoms with van der Waals surface area (Å²) in [6.45, 7) is 16.6. The first-order chi connectivity index (χ1) is 22.5. The molecule has 2 N–H and O–H groups in total. The Hall–Kier alpha value is -2.18. The number of thiazole rings is 1. The molecular weight excluding hydrogens is 665 g/mol. The topological polar surface area (TPSA) is 127 Å². The molecule has 4 bridgehead atoms. The van der Waals surface area contributed by atoms with Crippen LogP contribution >= 0.6 is 34.9 Å². The van der Waals surface area contributed by atoms with Gasteiger partial charge in [0, 0.05) is 22.3 Å². The molecule has 2 aliphatic heterocycles. The van der Waals surface area contributed by atoms with Crippen LogP contribution in [0.15, 0.2) is 22.5 Å². The number of nitrogens with one attached hydrogen (secondary N) is 2. The molecule has 0 fully saturated rings. The number of hydrogen-bond donors (Lipinski definition) is 2. The minimum Gasteiger partial charge on any atom is -0.456 e. The number of hydrogen-bond acceptors (Lipinski definition) is 10. The molecule has 0 saturated carbocycles. The Bertz CT molecular complexity index is 1340. The maximum Gasteiger partial charge on any atom is 0.329 e. The van der Waals surface area contributed by atoms with E-state index >= 15 is 0 Å². The Morgan fingerprint density at radius 2 is 1.90 bits per heavy atom. The third-order valence-electron chi connectivity index (χ3n) is 8.51. The first-order valence-corrected chi connectivity index (χ1v) is 20.0. The van der Waals surface area contributed by atoms with Crippen molar-refractivity contribution < 1.29 is 23.9 Å². The van der Waals surface area contributed by atoms with Gasteiger partial charge >= 0.3 is 5.97 Å². The van der Waals surface area contributed by atoms with Crippen LogP contribution in [-0.2, 0) is 30.5 Å². The fraction of sp³-hybridized carbons (Fsp3) is 0.722. The van der Waals surface area contributed by atoms with Crippen molar-refractivity contribution in [1.82, 2.24) is 15.6 Å². The first-order valence-electron chi connectivity index (χ1n) is 17.4. The van der Waals surface area contributed by atoms with E-state index in [4.69, 9.17) is 9.73 Å². The van der Waals surface area contributed by atoms with Crippen molar-refractivity contribution in [3.05, 3.63) is 28.2 Å². The maximum atomic E-state index is 13.5. The lowest BCUT2D eigenvalue weighted by atomic mass is 9.80. The predicted octanol–water partition coefficient (Wildman–Crippen LogP) is 7.62. The van der Waals surface area contributed by atoms with Crippen LogP contribution in [0.25, 0.3) is 0 Å². The summed E-state index contributed by atoms with van der Waals surface area (Å²) in [5, 5.41) is 9.36. The van der Waals surface area contributed by atoms with Gasteiger partial charge in [0.05, 0.1) is 13.0 Å². The minimum absolute atomic E-state index is 0.0344. The first kappa shape index (κ1) is 40.3. The van der Waals surface area contributed by atoms with Crippen LogP contribution in [0.3, 0.4) is 0 Å². The van der Waals surface area contributed by atoms with E-state index in [2.05, 4.69) is 50.2 Å². The maximum absolute atomic E-state index is 13.5. The summed E-state index contributed by atoms with van der Waals surface area (Å²) in [6, 6.07) is -0.894. The fourth-order valence-electron chi connectivity index (χ4n) is 6.06. The Balaban J connectivity index is 1.65. The standard InChI is InChI=1S/C36H56N4O5S3/c1-9-10-11-12-13-17-29(42)48-35(6,7)22-34(4,5)18-15-14-16-25-19-27(41)37-20-28-38-26(21-46-28)31-40-36(8,23-47-31)33(44)39-30(24(2)3)32(43)45-25/h14,16,21,24-25,30H,9-13,15,17-20,22-23H2,1-8H3,(H,37,41)(H,39,44)/b16-14+/t25?,30?,36-/m0/s1. The molecule has 3 atom stereocenters.